The summed E-state index contributed by atoms with van der Waals surface area (Å²) in [7, 11) is 2.12. The Morgan fingerprint density at radius 1 is 1.07 bits per heavy atom. The van der Waals surface area contributed by atoms with Crippen LogP contribution in [-0.2, 0) is 4.79 Å². The fraction of sp³-hybridized carbons (Fsp3) is 0.435. The lowest BCUT2D eigenvalue weighted by Crippen LogP contribution is -2.47. The number of likely N-dealkylation sites (N-methyl/N-ethyl adjacent to an activating group) is 1. The normalized spacial score (nSPS) is 16.6. The van der Waals surface area contributed by atoms with Gasteiger partial charge in [-0.1, -0.05) is 38.5 Å². The molecule has 2 atom stereocenters. The number of benzene rings is 1. The Kier molecular flexibility index (Phi) is 7.41. The van der Waals surface area contributed by atoms with Crippen molar-refractivity contribution >= 4 is 23.3 Å². The van der Waals surface area contributed by atoms with Gasteiger partial charge >= 0.3 is 0 Å². The van der Waals surface area contributed by atoms with Crippen LogP contribution in [0.2, 0.25) is 0 Å². The third-order valence-corrected chi connectivity index (χ3v) is 5.66. The molecule has 2 heterocycles. The van der Waals surface area contributed by atoms with Gasteiger partial charge in [-0.25, -0.2) is 4.98 Å². The van der Waals surface area contributed by atoms with Crippen molar-refractivity contribution in [3.63, 3.8) is 0 Å². The fourth-order valence-corrected chi connectivity index (χ4v) is 3.42. The van der Waals surface area contributed by atoms with E-state index in [1.54, 1.807) is 30.5 Å². The Hall–Kier alpha value is -2.93. The molecule has 2 N–H and O–H groups in total. The third kappa shape index (κ3) is 5.57. The summed E-state index contributed by atoms with van der Waals surface area (Å²) in [6.45, 7) is 7.87. The molecule has 0 saturated carbocycles. The average Bonchev–Trinajstić information content (AvgIpc) is 2.78. The van der Waals surface area contributed by atoms with Crippen LogP contribution >= 0.6 is 0 Å². The van der Waals surface area contributed by atoms with Crippen molar-refractivity contribution in [2.24, 2.45) is 5.92 Å². The van der Waals surface area contributed by atoms with Crippen LogP contribution in [0.25, 0.3) is 0 Å². The Morgan fingerprint density at radius 3 is 2.37 bits per heavy atom. The van der Waals surface area contributed by atoms with E-state index in [2.05, 4.69) is 32.5 Å². The summed E-state index contributed by atoms with van der Waals surface area (Å²) in [5.41, 5.74) is 1.16. The summed E-state index contributed by atoms with van der Waals surface area (Å²) in [4.78, 5) is 34.6. The van der Waals surface area contributed by atoms with E-state index in [1.165, 1.54) is 0 Å². The van der Waals surface area contributed by atoms with E-state index in [0.717, 1.165) is 38.4 Å². The first-order valence-corrected chi connectivity index (χ1v) is 10.5. The zero-order valence-electron chi connectivity index (χ0n) is 18.0. The largest absolute Gasteiger partial charge is 0.354 e. The molecule has 2 aromatic rings. The molecule has 7 nitrogen and oxygen atoms in total. The second-order valence-corrected chi connectivity index (χ2v) is 7.89. The second-order valence-electron chi connectivity index (χ2n) is 7.89. The van der Waals surface area contributed by atoms with Gasteiger partial charge in [0.05, 0.1) is 11.9 Å². The average molecular weight is 410 g/mol. The number of piperazine rings is 1. The maximum atomic E-state index is 12.9. The van der Waals surface area contributed by atoms with Crippen LogP contribution < -0.4 is 15.5 Å². The number of hydrogen-bond donors (Lipinski definition) is 2. The Balaban J connectivity index is 1.64. The Morgan fingerprint density at radius 2 is 1.77 bits per heavy atom. The Bertz CT molecular complexity index is 832. The van der Waals surface area contributed by atoms with Crippen molar-refractivity contribution in [3.8, 4) is 0 Å². The molecular weight excluding hydrogens is 378 g/mol. The molecule has 2 amide bonds. The van der Waals surface area contributed by atoms with Gasteiger partial charge in [0.15, 0.2) is 0 Å². The molecule has 30 heavy (non-hydrogen) atoms. The summed E-state index contributed by atoms with van der Waals surface area (Å²) in [5.74, 6) is 0.426. The van der Waals surface area contributed by atoms with Gasteiger partial charge in [-0.3, -0.25) is 9.59 Å². The minimum Gasteiger partial charge on any atom is -0.354 e. The van der Waals surface area contributed by atoms with Crippen molar-refractivity contribution in [3.05, 3.63) is 54.2 Å². The van der Waals surface area contributed by atoms with E-state index >= 15 is 0 Å². The number of amides is 2. The van der Waals surface area contributed by atoms with Gasteiger partial charge in [-0.2, -0.15) is 0 Å². The molecule has 0 spiro atoms. The van der Waals surface area contributed by atoms with E-state index in [4.69, 9.17) is 0 Å². The maximum absolute atomic E-state index is 12.9. The number of carbonyl (C=O) groups is 2. The topological polar surface area (TPSA) is 77.6 Å². The van der Waals surface area contributed by atoms with Gasteiger partial charge in [-0.15, -0.1) is 0 Å². The summed E-state index contributed by atoms with van der Waals surface area (Å²) in [5, 5.41) is 5.80. The Labute approximate surface area is 178 Å². The van der Waals surface area contributed by atoms with E-state index in [9.17, 15) is 9.59 Å². The lowest BCUT2D eigenvalue weighted by atomic mass is 9.97. The van der Waals surface area contributed by atoms with Crippen LogP contribution in [0.4, 0.5) is 11.5 Å². The third-order valence-electron chi connectivity index (χ3n) is 5.66. The van der Waals surface area contributed by atoms with Crippen LogP contribution in [0.5, 0.6) is 0 Å². The molecule has 0 unspecified atom stereocenters. The van der Waals surface area contributed by atoms with Crippen molar-refractivity contribution in [1.82, 2.24) is 15.2 Å². The summed E-state index contributed by atoms with van der Waals surface area (Å²) in [6.07, 6.45) is 2.45. The lowest BCUT2D eigenvalue weighted by molar-refractivity contribution is -0.119. The van der Waals surface area contributed by atoms with Gasteiger partial charge < -0.3 is 20.4 Å². The highest BCUT2D eigenvalue weighted by molar-refractivity contribution is 6.01. The van der Waals surface area contributed by atoms with E-state index in [1.807, 2.05) is 32.0 Å². The summed E-state index contributed by atoms with van der Waals surface area (Å²) in [6, 6.07) is 12.1. The van der Waals surface area contributed by atoms with Crippen LogP contribution in [0.3, 0.4) is 0 Å². The highest BCUT2D eigenvalue weighted by atomic mass is 16.2. The van der Waals surface area contributed by atoms with Gasteiger partial charge in [0, 0.05) is 31.7 Å². The van der Waals surface area contributed by atoms with Gasteiger partial charge in [-0.05, 0) is 37.2 Å². The molecule has 1 aliphatic rings. The predicted octanol–water partition coefficient (Wildman–Crippen LogP) is 2.62. The number of nitrogens with one attached hydrogen (secondary N) is 2. The zero-order valence-corrected chi connectivity index (χ0v) is 18.0. The fourth-order valence-electron chi connectivity index (χ4n) is 3.42. The minimum absolute atomic E-state index is 0.00441. The summed E-state index contributed by atoms with van der Waals surface area (Å²) >= 11 is 0. The molecule has 1 aromatic heterocycles. The highest BCUT2D eigenvalue weighted by Crippen LogP contribution is 2.17. The molecule has 0 bridgehead atoms. The van der Waals surface area contributed by atoms with Crippen LogP contribution in [0.1, 0.15) is 30.6 Å². The number of aromatic nitrogens is 1. The number of rotatable bonds is 7. The van der Waals surface area contributed by atoms with Gasteiger partial charge in [0.25, 0.3) is 5.91 Å². The summed E-state index contributed by atoms with van der Waals surface area (Å²) < 4.78 is 0. The van der Waals surface area contributed by atoms with Crippen molar-refractivity contribution in [2.75, 3.05) is 43.4 Å². The van der Waals surface area contributed by atoms with E-state index in [0.29, 0.717) is 11.3 Å². The minimum atomic E-state index is -0.625. The molecular formula is C23H31N5O2. The first-order chi connectivity index (χ1) is 14.5. The SMILES string of the molecule is CC[C@H](C)[C@H](NC(=O)c1ccccc1)C(=O)Nc1ccc(N2CCN(C)CC2)nc1. The molecule has 1 aromatic carbocycles. The highest BCUT2D eigenvalue weighted by Gasteiger charge is 2.26. The monoisotopic (exact) mass is 409 g/mol. The molecule has 1 fully saturated rings. The van der Waals surface area contributed by atoms with Crippen molar-refractivity contribution < 1.29 is 9.59 Å². The van der Waals surface area contributed by atoms with Gasteiger partial charge in [0.1, 0.15) is 11.9 Å². The first kappa shape index (κ1) is 21.8. The van der Waals surface area contributed by atoms with Crippen LogP contribution in [-0.4, -0.2) is 61.0 Å². The number of pyridine rings is 1. The first-order valence-electron chi connectivity index (χ1n) is 10.5. The molecule has 1 aliphatic heterocycles. The number of carbonyl (C=O) groups excluding carboxylic acids is 2. The standard InChI is InChI=1S/C23H31N5O2/c1-4-17(2)21(26-22(29)18-8-6-5-7-9-18)23(30)25-19-10-11-20(24-16-19)28-14-12-27(3)13-15-28/h5-11,16-17,21H,4,12-15H2,1-3H3,(H,25,30)(H,26,29)/t17-,21-/m0/s1. The predicted molar refractivity (Wildman–Crippen MR) is 120 cm³/mol. The molecule has 7 heteroatoms. The molecule has 1 saturated heterocycles. The quantitative estimate of drug-likeness (QED) is 0.735. The molecule has 3 rings (SSSR count). The lowest BCUT2D eigenvalue weighted by Gasteiger charge is -2.33. The van der Waals surface area contributed by atoms with Crippen molar-refractivity contribution in [1.29, 1.82) is 0 Å². The number of hydrogen-bond acceptors (Lipinski definition) is 5. The van der Waals surface area contributed by atoms with Crippen LogP contribution in [0.15, 0.2) is 48.7 Å². The molecule has 0 radical (unpaired) electrons. The molecule has 160 valence electrons. The zero-order chi connectivity index (χ0) is 21.5. The van der Waals surface area contributed by atoms with Crippen molar-refractivity contribution in [2.45, 2.75) is 26.3 Å². The smallest absolute Gasteiger partial charge is 0.251 e. The van der Waals surface area contributed by atoms with E-state index < -0.39 is 6.04 Å². The maximum Gasteiger partial charge on any atom is 0.251 e. The van der Waals surface area contributed by atoms with Crippen LogP contribution in [0, 0.1) is 5.92 Å². The van der Waals surface area contributed by atoms with Gasteiger partial charge in [0.2, 0.25) is 5.91 Å². The second kappa shape index (κ2) is 10.2. The number of anilines is 2. The molecule has 0 aliphatic carbocycles. The number of nitrogens with zero attached hydrogens (tertiary/aromatic N) is 3. The van der Waals surface area contributed by atoms with E-state index in [-0.39, 0.29) is 17.7 Å².